The molecule has 3 rings (SSSR count). The maximum absolute atomic E-state index is 12.1. The molecule has 0 aliphatic carbocycles. The molecule has 0 saturated carbocycles. The number of anilines is 1. The Labute approximate surface area is 133 Å². The summed E-state index contributed by atoms with van der Waals surface area (Å²) in [6.45, 7) is 1.84. The molecule has 1 heterocycles. The fourth-order valence-electron chi connectivity index (χ4n) is 2.46. The van der Waals surface area contributed by atoms with Crippen molar-refractivity contribution in [3.05, 3.63) is 66.4 Å². The average molecular weight is 307 g/mol. The molecule has 2 amide bonds. The summed E-state index contributed by atoms with van der Waals surface area (Å²) < 4.78 is 0. The normalized spacial score (nSPS) is 11.9. The average Bonchev–Trinajstić information content (AvgIpc) is 3.05. The lowest BCUT2D eigenvalue weighted by Gasteiger charge is -2.14. The Morgan fingerprint density at radius 2 is 1.74 bits per heavy atom. The number of amides is 2. The Morgan fingerprint density at radius 3 is 2.52 bits per heavy atom. The smallest absolute Gasteiger partial charge is 0.313 e. The van der Waals surface area contributed by atoms with E-state index in [4.69, 9.17) is 0 Å². The van der Waals surface area contributed by atoms with Crippen LogP contribution in [0.3, 0.4) is 0 Å². The van der Waals surface area contributed by atoms with Crippen LogP contribution in [0.1, 0.15) is 18.5 Å². The highest BCUT2D eigenvalue weighted by Crippen LogP contribution is 2.22. The number of rotatable bonds is 3. The summed E-state index contributed by atoms with van der Waals surface area (Å²) in [5.74, 6) is -1.34. The van der Waals surface area contributed by atoms with Gasteiger partial charge in [-0.15, -0.1) is 0 Å². The van der Waals surface area contributed by atoms with E-state index in [1.54, 1.807) is 12.3 Å². The van der Waals surface area contributed by atoms with Crippen molar-refractivity contribution in [1.29, 1.82) is 0 Å². The van der Waals surface area contributed by atoms with Crippen molar-refractivity contribution >= 4 is 28.4 Å². The molecule has 0 aliphatic rings. The highest BCUT2D eigenvalue weighted by atomic mass is 16.2. The van der Waals surface area contributed by atoms with Crippen molar-refractivity contribution in [2.45, 2.75) is 13.0 Å². The zero-order valence-corrected chi connectivity index (χ0v) is 12.7. The third-order valence-corrected chi connectivity index (χ3v) is 3.70. The van der Waals surface area contributed by atoms with Gasteiger partial charge in [-0.25, -0.2) is 0 Å². The van der Waals surface area contributed by atoms with E-state index in [1.807, 2.05) is 55.5 Å². The largest absolute Gasteiger partial charge is 0.361 e. The minimum Gasteiger partial charge on any atom is -0.361 e. The monoisotopic (exact) mass is 307 g/mol. The minimum absolute atomic E-state index is 0.238. The van der Waals surface area contributed by atoms with Gasteiger partial charge in [0.15, 0.2) is 0 Å². The number of aromatic amines is 1. The summed E-state index contributed by atoms with van der Waals surface area (Å²) in [6, 6.07) is 16.6. The zero-order chi connectivity index (χ0) is 16.2. The van der Waals surface area contributed by atoms with Gasteiger partial charge in [0.05, 0.1) is 11.7 Å². The Hall–Kier alpha value is -3.08. The molecule has 0 bridgehead atoms. The molecule has 0 spiro atoms. The second kappa shape index (κ2) is 6.36. The van der Waals surface area contributed by atoms with E-state index in [-0.39, 0.29) is 6.04 Å². The van der Waals surface area contributed by atoms with Crippen LogP contribution in [0, 0.1) is 0 Å². The summed E-state index contributed by atoms with van der Waals surface area (Å²) in [5, 5.41) is 6.22. The van der Waals surface area contributed by atoms with Gasteiger partial charge in [0.1, 0.15) is 0 Å². The van der Waals surface area contributed by atoms with Crippen LogP contribution in [-0.2, 0) is 9.59 Å². The van der Waals surface area contributed by atoms with Gasteiger partial charge in [0, 0.05) is 17.1 Å². The second-order valence-electron chi connectivity index (χ2n) is 5.30. The number of hydrogen-bond acceptors (Lipinski definition) is 2. The first kappa shape index (κ1) is 14.8. The Bertz CT molecular complexity index is 840. The summed E-state index contributed by atoms with van der Waals surface area (Å²) in [5.41, 5.74) is 2.46. The van der Waals surface area contributed by atoms with Crippen LogP contribution in [0.4, 0.5) is 5.69 Å². The number of hydrogen-bond donors (Lipinski definition) is 3. The molecule has 0 fully saturated rings. The van der Waals surface area contributed by atoms with Crippen molar-refractivity contribution in [3.8, 4) is 0 Å². The van der Waals surface area contributed by atoms with Gasteiger partial charge in [-0.3, -0.25) is 9.59 Å². The molecule has 1 aromatic heterocycles. The summed E-state index contributed by atoms with van der Waals surface area (Å²) in [4.78, 5) is 27.3. The standard InChI is InChI=1S/C18H17N3O2/c1-12(13-6-3-2-4-7-13)20-17(22)18(23)21-16-9-5-8-15-14(16)10-11-19-15/h2-12,19H,1H3,(H,20,22)(H,21,23)/t12-/m1/s1. The van der Waals surface area contributed by atoms with Crippen molar-refractivity contribution in [2.24, 2.45) is 0 Å². The predicted molar refractivity (Wildman–Crippen MR) is 89.9 cm³/mol. The lowest BCUT2D eigenvalue weighted by Crippen LogP contribution is -2.36. The Kier molecular flexibility index (Phi) is 4.10. The number of benzene rings is 2. The summed E-state index contributed by atoms with van der Waals surface area (Å²) in [6.07, 6.45) is 1.79. The van der Waals surface area contributed by atoms with Crippen molar-refractivity contribution in [3.63, 3.8) is 0 Å². The lowest BCUT2D eigenvalue weighted by molar-refractivity contribution is -0.136. The first-order chi connectivity index (χ1) is 11.1. The van der Waals surface area contributed by atoms with Gasteiger partial charge in [-0.1, -0.05) is 36.4 Å². The van der Waals surface area contributed by atoms with Crippen molar-refractivity contribution in [2.75, 3.05) is 5.32 Å². The molecular weight excluding hydrogens is 290 g/mol. The fourth-order valence-corrected chi connectivity index (χ4v) is 2.46. The maximum Gasteiger partial charge on any atom is 0.313 e. The van der Waals surface area contributed by atoms with Gasteiger partial charge < -0.3 is 15.6 Å². The van der Waals surface area contributed by atoms with Crippen LogP contribution in [-0.4, -0.2) is 16.8 Å². The minimum atomic E-state index is -0.679. The van der Waals surface area contributed by atoms with Crippen LogP contribution in [0.25, 0.3) is 10.9 Å². The van der Waals surface area contributed by atoms with Crippen LogP contribution in [0.5, 0.6) is 0 Å². The van der Waals surface area contributed by atoms with Crippen molar-refractivity contribution in [1.82, 2.24) is 10.3 Å². The Balaban J connectivity index is 1.68. The van der Waals surface area contributed by atoms with E-state index in [0.717, 1.165) is 16.5 Å². The fraction of sp³-hybridized carbons (Fsp3) is 0.111. The highest BCUT2D eigenvalue weighted by Gasteiger charge is 2.18. The van der Waals surface area contributed by atoms with E-state index in [9.17, 15) is 9.59 Å². The van der Waals surface area contributed by atoms with E-state index < -0.39 is 11.8 Å². The molecule has 5 nitrogen and oxygen atoms in total. The number of carbonyl (C=O) groups is 2. The van der Waals surface area contributed by atoms with Gasteiger partial charge in [0.2, 0.25) is 0 Å². The number of carbonyl (C=O) groups excluding carboxylic acids is 2. The van der Waals surface area contributed by atoms with Gasteiger partial charge in [0.25, 0.3) is 0 Å². The van der Waals surface area contributed by atoms with Gasteiger partial charge in [-0.05, 0) is 30.7 Å². The number of aromatic nitrogens is 1. The maximum atomic E-state index is 12.1. The van der Waals surface area contributed by atoms with E-state index in [0.29, 0.717) is 5.69 Å². The third kappa shape index (κ3) is 3.23. The van der Waals surface area contributed by atoms with Gasteiger partial charge in [-0.2, -0.15) is 0 Å². The van der Waals surface area contributed by atoms with E-state index >= 15 is 0 Å². The van der Waals surface area contributed by atoms with Gasteiger partial charge >= 0.3 is 11.8 Å². The molecule has 0 unspecified atom stereocenters. The molecule has 2 aromatic carbocycles. The molecule has 1 atom stereocenters. The first-order valence-corrected chi connectivity index (χ1v) is 7.38. The van der Waals surface area contributed by atoms with Crippen molar-refractivity contribution < 1.29 is 9.59 Å². The molecule has 5 heteroatoms. The van der Waals surface area contributed by atoms with Crippen LogP contribution < -0.4 is 10.6 Å². The molecule has 0 saturated heterocycles. The topological polar surface area (TPSA) is 74.0 Å². The molecule has 23 heavy (non-hydrogen) atoms. The number of nitrogens with one attached hydrogen (secondary N) is 3. The summed E-state index contributed by atoms with van der Waals surface area (Å²) >= 11 is 0. The molecule has 3 aromatic rings. The Morgan fingerprint density at radius 1 is 0.957 bits per heavy atom. The molecule has 3 N–H and O–H groups in total. The SMILES string of the molecule is C[C@@H](NC(=O)C(=O)Nc1cccc2[nH]ccc12)c1ccccc1. The zero-order valence-electron chi connectivity index (χ0n) is 12.7. The lowest BCUT2D eigenvalue weighted by atomic mass is 10.1. The molecule has 0 radical (unpaired) electrons. The molecule has 116 valence electrons. The van der Waals surface area contributed by atoms with Crippen LogP contribution in [0.15, 0.2) is 60.8 Å². The quantitative estimate of drug-likeness (QED) is 0.651. The highest BCUT2D eigenvalue weighted by molar-refractivity contribution is 6.40. The predicted octanol–water partition coefficient (Wildman–Crippen LogP) is 2.98. The number of fused-ring (bicyclic) bond motifs is 1. The van der Waals surface area contributed by atoms with E-state index in [2.05, 4.69) is 15.6 Å². The second-order valence-corrected chi connectivity index (χ2v) is 5.30. The first-order valence-electron chi connectivity index (χ1n) is 7.38. The molecular formula is C18H17N3O2. The summed E-state index contributed by atoms with van der Waals surface area (Å²) in [7, 11) is 0. The molecule has 0 aliphatic heterocycles. The number of H-pyrrole nitrogens is 1. The van der Waals surface area contributed by atoms with E-state index in [1.165, 1.54) is 0 Å². The van der Waals surface area contributed by atoms with Crippen LogP contribution >= 0.6 is 0 Å². The third-order valence-electron chi connectivity index (χ3n) is 3.70. The van der Waals surface area contributed by atoms with Crippen LogP contribution in [0.2, 0.25) is 0 Å².